The minimum absolute atomic E-state index is 0.120. The van der Waals surface area contributed by atoms with E-state index in [9.17, 15) is 14.4 Å². The predicted molar refractivity (Wildman–Crippen MR) is 81.6 cm³/mol. The molecule has 1 saturated carbocycles. The van der Waals surface area contributed by atoms with Gasteiger partial charge < -0.3 is 15.2 Å². The van der Waals surface area contributed by atoms with Crippen molar-refractivity contribution in [1.29, 1.82) is 5.26 Å². The van der Waals surface area contributed by atoms with Crippen LogP contribution < -0.4 is 5.73 Å². The molecule has 0 radical (unpaired) electrons. The smallest absolute Gasteiger partial charge is 0.209 e. The van der Waals surface area contributed by atoms with Crippen LogP contribution in [0.2, 0.25) is 0 Å². The number of nitrogens with two attached hydrogens (primary N) is 1. The summed E-state index contributed by atoms with van der Waals surface area (Å²) < 4.78 is 14.4. The highest BCUT2D eigenvalue weighted by Gasteiger charge is 2.28. The Hall–Kier alpha value is -2.13. The molecule has 0 aliphatic heterocycles. The highest BCUT2D eigenvalue weighted by Crippen LogP contribution is 2.26. The second kappa shape index (κ2) is 7.23. The van der Waals surface area contributed by atoms with Crippen LogP contribution in [0.4, 0.5) is 4.39 Å². The second-order valence-electron chi connectivity index (χ2n) is 5.67. The maximum Gasteiger partial charge on any atom is 0.209 e. The van der Waals surface area contributed by atoms with E-state index in [2.05, 4.69) is 6.07 Å². The van der Waals surface area contributed by atoms with Gasteiger partial charge in [0.05, 0.1) is 6.33 Å². The van der Waals surface area contributed by atoms with Crippen LogP contribution in [0.5, 0.6) is 0 Å². The van der Waals surface area contributed by atoms with E-state index < -0.39 is 0 Å². The molecule has 0 spiro atoms. The third-order valence-electron chi connectivity index (χ3n) is 4.07. The molecule has 1 heterocycles. The Kier molecular flexibility index (Phi) is 5.34. The van der Waals surface area contributed by atoms with Crippen LogP contribution in [-0.2, 0) is 17.8 Å². The summed E-state index contributed by atoms with van der Waals surface area (Å²) in [4.78, 5) is 12.9. The van der Waals surface area contributed by atoms with Crippen LogP contribution in [0.3, 0.4) is 0 Å². The number of hydrogen-bond donors (Lipinski definition) is 1. The molecular weight excluding hydrogens is 283 g/mol. The monoisotopic (exact) mass is 304 g/mol. The molecule has 1 amide bonds. The van der Waals surface area contributed by atoms with Gasteiger partial charge in [0.1, 0.15) is 11.8 Å². The first-order valence-electron chi connectivity index (χ1n) is 7.42. The average Bonchev–Trinajstić information content (AvgIpc) is 3.31. The molecule has 2 N–H and O–H groups in total. The van der Waals surface area contributed by atoms with Crippen molar-refractivity contribution < 1.29 is 9.18 Å². The third kappa shape index (κ3) is 3.55. The van der Waals surface area contributed by atoms with Crippen molar-refractivity contribution in [2.24, 2.45) is 5.73 Å². The number of aryl methyl sites for hydroxylation is 1. The van der Waals surface area contributed by atoms with Crippen LogP contribution in [0.1, 0.15) is 29.7 Å². The molecule has 0 unspecified atom stereocenters. The highest BCUT2D eigenvalue weighted by atomic mass is 19.1. The summed E-state index contributed by atoms with van der Waals surface area (Å²) in [6.45, 7) is 2.93. The Bertz CT molecular complexity index is 610. The van der Waals surface area contributed by atoms with Gasteiger partial charge in [-0.1, -0.05) is 0 Å². The summed E-state index contributed by atoms with van der Waals surface area (Å²) in [5.41, 5.74) is 8.33. The predicted octanol–water partition coefficient (Wildman–Crippen LogP) is 1.64. The standard InChI is InChI=1S/C16H21FN4O/c1-12-9-21(10-13(6-17)7-18)16(8-19)15(12)4-5-20(11-22)14-2-3-14/h6,9,11,14H,2-5,7,10,18H2,1H3/b13-6+. The molecule has 0 atom stereocenters. The molecule has 1 aromatic heterocycles. The largest absolute Gasteiger partial charge is 0.342 e. The lowest BCUT2D eigenvalue weighted by atomic mass is 10.1. The molecule has 118 valence electrons. The van der Waals surface area contributed by atoms with Gasteiger partial charge in [-0.15, -0.1) is 0 Å². The quantitative estimate of drug-likeness (QED) is 0.742. The summed E-state index contributed by atoms with van der Waals surface area (Å²) in [5, 5.41) is 9.42. The maximum absolute atomic E-state index is 12.7. The highest BCUT2D eigenvalue weighted by molar-refractivity contribution is 5.49. The van der Waals surface area contributed by atoms with Crippen molar-refractivity contribution in [1.82, 2.24) is 9.47 Å². The van der Waals surface area contributed by atoms with Crippen molar-refractivity contribution in [2.75, 3.05) is 13.1 Å². The number of hydrogen-bond acceptors (Lipinski definition) is 3. The SMILES string of the molecule is Cc1cn(C/C(=C/F)CN)c(C#N)c1CCN(C=O)C1CC1. The van der Waals surface area contributed by atoms with Crippen molar-refractivity contribution in [2.45, 2.75) is 38.8 Å². The first-order chi connectivity index (χ1) is 10.6. The van der Waals surface area contributed by atoms with Gasteiger partial charge in [-0.3, -0.25) is 4.79 Å². The van der Waals surface area contributed by atoms with Gasteiger partial charge in [0.15, 0.2) is 0 Å². The first-order valence-corrected chi connectivity index (χ1v) is 7.42. The lowest BCUT2D eigenvalue weighted by molar-refractivity contribution is -0.118. The molecular formula is C16H21FN4O. The normalized spacial score (nSPS) is 14.7. The van der Waals surface area contributed by atoms with Gasteiger partial charge in [-0.2, -0.15) is 5.26 Å². The van der Waals surface area contributed by atoms with Gasteiger partial charge >= 0.3 is 0 Å². The Balaban J connectivity index is 2.15. The summed E-state index contributed by atoms with van der Waals surface area (Å²) >= 11 is 0. The van der Waals surface area contributed by atoms with Crippen LogP contribution >= 0.6 is 0 Å². The van der Waals surface area contributed by atoms with E-state index in [1.807, 2.05) is 13.1 Å². The summed E-state index contributed by atoms with van der Waals surface area (Å²) in [5.74, 6) is 0. The number of amides is 1. The number of nitriles is 1. The van der Waals surface area contributed by atoms with Crippen LogP contribution in [0.15, 0.2) is 18.1 Å². The molecule has 1 aromatic rings. The van der Waals surface area contributed by atoms with E-state index in [1.165, 1.54) is 0 Å². The fourth-order valence-corrected chi connectivity index (χ4v) is 2.64. The van der Waals surface area contributed by atoms with Gasteiger partial charge in [-0.25, -0.2) is 4.39 Å². The Morgan fingerprint density at radius 2 is 2.36 bits per heavy atom. The summed E-state index contributed by atoms with van der Waals surface area (Å²) in [6, 6.07) is 2.56. The number of rotatable bonds is 8. The van der Waals surface area contributed by atoms with Gasteiger partial charge in [0.25, 0.3) is 0 Å². The first kappa shape index (κ1) is 16.2. The molecule has 1 aliphatic carbocycles. The molecule has 5 nitrogen and oxygen atoms in total. The minimum Gasteiger partial charge on any atom is -0.342 e. The second-order valence-corrected chi connectivity index (χ2v) is 5.67. The molecule has 0 aromatic carbocycles. The van der Waals surface area contributed by atoms with Crippen molar-refractivity contribution in [3.05, 3.63) is 34.9 Å². The van der Waals surface area contributed by atoms with Gasteiger partial charge in [0.2, 0.25) is 6.41 Å². The van der Waals surface area contributed by atoms with E-state index in [4.69, 9.17) is 5.73 Å². The van der Waals surface area contributed by atoms with E-state index in [1.54, 1.807) is 9.47 Å². The van der Waals surface area contributed by atoms with E-state index in [0.717, 1.165) is 30.4 Å². The molecule has 0 saturated heterocycles. The zero-order valence-corrected chi connectivity index (χ0v) is 12.8. The fourth-order valence-electron chi connectivity index (χ4n) is 2.64. The van der Waals surface area contributed by atoms with Gasteiger partial charge in [-0.05, 0) is 42.9 Å². The summed E-state index contributed by atoms with van der Waals surface area (Å²) in [6.07, 6.45) is 5.98. The average molecular weight is 304 g/mol. The fraction of sp³-hybridized carbons (Fsp3) is 0.500. The number of nitrogens with zero attached hydrogens (tertiary/aromatic N) is 3. The van der Waals surface area contributed by atoms with Crippen LogP contribution in [0.25, 0.3) is 0 Å². The lowest BCUT2D eigenvalue weighted by Gasteiger charge is -2.16. The number of aromatic nitrogens is 1. The molecule has 22 heavy (non-hydrogen) atoms. The zero-order valence-electron chi connectivity index (χ0n) is 12.8. The number of carbonyl (C=O) groups excluding carboxylic acids is 1. The topological polar surface area (TPSA) is 75.0 Å². The van der Waals surface area contributed by atoms with Crippen molar-refractivity contribution >= 4 is 6.41 Å². The third-order valence-corrected chi connectivity index (χ3v) is 4.07. The molecule has 1 fully saturated rings. The maximum atomic E-state index is 12.7. The zero-order chi connectivity index (χ0) is 16.1. The molecule has 1 aliphatic rings. The Morgan fingerprint density at radius 3 is 2.86 bits per heavy atom. The number of halogens is 1. The Labute approximate surface area is 129 Å². The van der Waals surface area contributed by atoms with Gasteiger partial charge in [0, 0.05) is 31.9 Å². The molecule has 0 bridgehead atoms. The van der Waals surface area contributed by atoms with Crippen molar-refractivity contribution in [3.63, 3.8) is 0 Å². The van der Waals surface area contributed by atoms with Crippen LogP contribution in [-0.4, -0.2) is 35.0 Å². The lowest BCUT2D eigenvalue weighted by Crippen LogP contribution is -2.27. The molecule has 2 rings (SSSR count). The Morgan fingerprint density at radius 1 is 1.64 bits per heavy atom. The molecule has 6 heteroatoms. The van der Waals surface area contributed by atoms with E-state index in [0.29, 0.717) is 36.6 Å². The van der Waals surface area contributed by atoms with E-state index in [-0.39, 0.29) is 13.1 Å². The van der Waals surface area contributed by atoms with Crippen LogP contribution in [0, 0.1) is 18.3 Å². The summed E-state index contributed by atoms with van der Waals surface area (Å²) in [7, 11) is 0. The minimum atomic E-state index is 0.120. The number of carbonyl (C=O) groups is 1. The van der Waals surface area contributed by atoms with Crippen molar-refractivity contribution in [3.8, 4) is 6.07 Å². The van der Waals surface area contributed by atoms with E-state index >= 15 is 0 Å².